The van der Waals surface area contributed by atoms with E-state index in [-0.39, 0.29) is 0 Å². The maximum Gasteiger partial charge on any atom is 0.325 e. The van der Waals surface area contributed by atoms with Crippen molar-refractivity contribution >= 4 is 5.97 Å². The molecule has 0 saturated carbocycles. The van der Waals surface area contributed by atoms with Crippen LogP contribution >= 0.6 is 0 Å². The Morgan fingerprint density at radius 2 is 1.85 bits per heavy atom. The van der Waals surface area contributed by atoms with Gasteiger partial charge >= 0.3 is 5.97 Å². The standard InChI is InChI=1S/C17H19NO2/c1-12-8-9-15(13(2)10-12)16(17(19)20)18-11-14-6-4-3-5-7-14/h3-10,16,18H,11H2,1-2H3,(H,19,20). The molecule has 2 aromatic carbocycles. The van der Waals surface area contributed by atoms with Crippen LogP contribution in [0.15, 0.2) is 48.5 Å². The van der Waals surface area contributed by atoms with Crippen LogP contribution in [-0.2, 0) is 11.3 Å². The van der Waals surface area contributed by atoms with Gasteiger partial charge in [-0.2, -0.15) is 0 Å². The van der Waals surface area contributed by atoms with Crippen LogP contribution in [0.25, 0.3) is 0 Å². The lowest BCUT2D eigenvalue weighted by Crippen LogP contribution is -2.28. The number of aliphatic carboxylic acids is 1. The van der Waals surface area contributed by atoms with Crippen LogP contribution < -0.4 is 5.32 Å². The van der Waals surface area contributed by atoms with Gasteiger partial charge in [-0.25, -0.2) is 0 Å². The van der Waals surface area contributed by atoms with Crippen molar-refractivity contribution in [3.63, 3.8) is 0 Å². The number of rotatable bonds is 5. The van der Waals surface area contributed by atoms with E-state index in [1.54, 1.807) is 0 Å². The minimum absolute atomic E-state index is 0.533. The van der Waals surface area contributed by atoms with Gasteiger partial charge in [0.25, 0.3) is 0 Å². The van der Waals surface area contributed by atoms with Gasteiger partial charge < -0.3 is 5.11 Å². The number of nitrogens with one attached hydrogen (secondary N) is 1. The highest BCUT2D eigenvalue weighted by molar-refractivity contribution is 5.76. The maximum atomic E-state index is 11.5. The zero-order valence-corrected chi connectivity index (χ0v) is 11.8. The van der Waals surface area contributed by atoms with E-state index < -0.39 is 12.0 Å². The summed E-state index contributed by atoms with van der Waals surface area (Å²) in [7, 11) is 0. The molecule has 0 aromatic heterocycles. The smallest absolute Gasteiger partial charge is 0.325 e. The third-order valence-electron chi connectivity index (χ3n) is 3.34. The Balaban J connectivity index is 2.17. The van der Waals surface area contributed by atoms with E-state index in [2.05, 4.69) is 5.32 Å². The van der Waals surface area contributed by atoms with Gasteiger partial charge in [0.1, 0.15) is 6.04 Å². The SMILES string of the molecule is Cc1ccc(C(NCc2ccccc2)C(=O)O)c(C)c1. The highest BCUT2D eigenvalue weighted by atomic mass is 16.4. The molecule has 0 aliphatic heterocycles. The van der Waals surface area contributed by atoms with Crippen molar-refractivity contribution in [2.24, 2.45) is 0 Å². The predicted molar refractivity (Wildman–Crippen MR) is 79.6 cm³/mol. The number of aryl methyl sites for hydroxylation is 2. The van der Waals surface area contributed by atoms with E-state index in [0.29, 0.717) is 6.54 Å². The van der Waals surface area contributed by atoms with E-state index in [1.807, 2.05) is 62.4 Å². The Kier molecular flexibility index (Phi) is 4.53. The molecule has 2 rings (SSSR count). The first-order valence-corrected chi connectivity index (χ1v) is 6.65. The Morgan fingerprint density at radius 1 is 1.15 bits per heavy atom. The molecule has 3 heteroatoms. The second kappa shape index (κ2) is 6.35. The van der Waals surface area contributed by atoms with Gasteiger partial charge in [0.05, 0.1) is 0 Å². The van der Waals surface area contributed by atoms with Gasteiger partial charge in [-0.05, 0) is 30.5 Å². The molecule has 2 N–H and O–H groups in total. The van der Waals surface area contributed by atoms with Gasteiger partial charge in [-0.3, -0.25) is 10.1 Å². The van der Waals surface area contributed by atoms with E-state index in [1.165, 1.54) is 0 Å². The summed E-state index contributed by atoms with van der Waals surface area (Å²) in [6.07, 6.45) is 0. The Bertz CT molecular complexity index is 593. The lowest BCUT2D eigenvalue weighted by molar-refractivity contribution is -0.139. The van der Waals surface area contributed by atoms with E-state index in [4.69, 9.17) is 0 Å². The number of hydrogen-bond donors (Lipinski definition) is 2. The van der Waals surface area contributed by atoms with Crippen LogP contribution in [0.5, 0.6) is 0 Å². The molecule has 1 unspecified atom stereocenters. The average molecular weight is 269 g/mol. The van der Waals surface area contributed by atoms with E-state index >= 15 is 0 Å². The summed E-state index contributed by atoms with van der Waals surface area (Å²) < 4.78 is 0. The molecule has 104 valence electrons. The fourth-order valence-electron chi connectivity index (χ4n) is 2.30. The van der Waals surface area contributed by atoms with Crippen molar-refractivity contribution < 1.29 is 9.90 Å². The summed E-state index contributed by atoms with van der Waals surface area (Å²) in [5, 5.41) is 12.5. The number of carbonyl (C=O) groups is 1. The van der Waals surface area contributed by atoms with Gasteiger partial charge in [0.2, 0.25) is 0 Å². The molecule has 0 radical (unpaired) electrons. The highest BCUT2D eigenvalue weighted by Gasteiger charge is 2.20. The van der Waals surface area contributed by atoms with Crippen molar-refractivity contribution in [2.75, 3.05) is 0 Å². The first-order chi connectivity index (χ1) is 9.58. The minimum Gasteiger partial charge on any atom is -0.480 e. The van der Waals surface area contributed by atoms with Crippen molar-refractivity contribution in [3.05, 3.63) is 70.8 Å². The average Bonchev–Trinajstić information content (AvgIpc) is 2.42. The summed E-state index contributed by atoms with van der Waals surface area (Å²) in [6.45, 7) is 4.48. The minimum atomic E-state index is -0.854. The van der Waals surface area contributed by atoms with E-state index in [0.717, 1.165) is 22.3 Å². The van der Waals surface area contributed by atoms with Gasteiger partial charge in [-0.1, -0.05) is 54.1 Å². The Labute approximate surface area is 119 Å². The van der Waals surface area contributed by atoms with Crippen LogP contribution in [0, 0.1) is 13.8 Å². The molecule has 0 saturated heterocycles. The topological polar surface area (TPSA) is 49.3 Å². The molecule has 3 nitrogen and oxygen atoms in total. The molecule has 0 fully saturated rings. The summed E-state index contributed by atoms with van der Waals surface area (Å²) in [6, 6.07) is 15.0. The third kappa shape index (κ3) is 3.45. The first-order valence-electron chi connectivity index (χ1n) is 6.65. The summed E-state index contributed by atoms with van der Waals surface area (Å²) in [5.74, 6) is -0.854. The Morgan fingerprint density at radius 3 is 2.45 bits per heavy atom. The normalized spacial score (nSPS) is 12.1. The molecule has 0 aliphatic carbocycles. The van der Waals surface area contributed by atoms with Crippen molar-refractivity contribution in [3.8, 4) is 0 Å². The monoisotopic (exact) mass is 269 g/mol. The number of carboxylic acids is 1. The molecule has 0 heterocycles. The van der Waals surface area contributed by atoms with Crippen LogP contribution in [0.2, 0.25) is 0 Å². The van der Waals surface area contributed by atoms with Crippen molar-refractivity contribution in [2.45, 2.75) is 26.4 Å². The highest BCUT2D eigenvalue weighted by Crippen LogP contribution is 2.20. The fraction of sp³-hybridized carbons (Fsp3) is 0.235. The molecule has 0 bridgehead atoms. The fourth-order valence-corrected chi connectivity index (χ4v) is 2.30. The number of benzene rings is 2. The molecule has 1 atom stereocenters. The third-order valence-corrected chi connectivity index (χ3v) is 3.34. The molecule has 0 aliphatic rings. The molecule has 2 aromatic rings. The zero-order valence-electron chi connectivity index (χ0n) is 11.8. The number of hydrogen-bond acceptors (Lipinski definition) is 2. The molecule has 0 amide bonds. The van der Waals surface area contributed by atoms with Gasteiger partial charge in [-0.15, -0.1) is 0 Å². The van der Waals surface area contributed by atoms with Crippen LogP contribution in [0.1, 0.15) is 28.3 Å². The molecule has 20 heavy (non-hydrogen) atoms. The molecular formula is C17H19NO2. The first kappa shape index (κ1) is 14.3. The molecule has 0 spiro atoms. The zero-order chi connectivity index (χ0) is 14.5. The summed E-state index contributed by atoms with van der Waals surface area (Å²) in [4.78, 5) is 11.5. The predicted octanol–water partition coefficient (Wildman–Crippen LogP) is 3.22. The number of carboxylic acid groups (broad SMARTS) is 1. The van der Waals surface area contributed by atoms with Gasteiger partial charge in [0, 0.05) is 6.54 Å². The maximum absolute atomic E-state index is 11.5. The second-order valence-corrected chi connectivity index (χ2v) is 5.00. The Hall–Kier alpha value is -2.13. The quantitative estimate of drug-likeness (QED) is 0.876. The van der Waals surface area contributed by atoms with Gasteiger partial charge in [0.15, 0.2) is 0 Å². The molecular weight excluding hydrogens is 250 g/mol. The van der Waals surface area contributed by atoms with Crippen molar-refractivity contribution in [1.29, 1.82) is 0 Å². The largest absolute Gasteiger partial charge is 0.480 e. The lowest BCUT2D eigenvalue weighted by atomic mass is 9.99. The van der Waals surface area contributed by atoms with Crippen LogP contribution in [0.3, 0.4) is 0 Å². The second-order valence-electron chi connectivity index (χ2n) is 5.00. The van der Waals surface area contributed by atoms with Crippen molar-refractivity contribution in [1.82, 2.24) is 5.32 Å². The van der Waals surface area contributed by atoms with E-state index in [9.17, 15) is 9.90 Å². The van der Waals surface area contributed by atoms with Crippen LogP contribution in [0.4, 0.5) is 0 Å². The summed E-state index contributed by atoms with van der Waals surface area (Å²) in [5.41, 5.74) is 4.03. The lowest BCUT2D eigenvalue weighted by Gasteiger charge is -2.17. The van der Waals surface area contributed by atoms with Crippen LogP contribution in [-0.4, -0.2) is 11.1 Å². The summed E-state index contributed by atoms with van der Waals surface area (Å²) >= 11 is 0.